The van der Waals surface area contributed by atoms with Gasteiger partial charge >= 0.3 is 0 Å². The normalized spacial score (nSPS) is 13.9. The summed E-state index contributed by atoms with van der Waals surface area (Å²) in [4.78, 5) is 27.2. The summed E-state index contributed by atoms with van der Waals surface area (Å²) in [5.74, 6) is -0.289. The van der Waals surface area contributed by atoms with Gasteiger partial charge in [0.25, 0.3) is 11.8 Å². The Labute approximate surface area is 177 Å². The molecule has 0 radical (unpaired) electrons. The predicted molar refractivity (Wildman–Crippen MR) is 116 cm³/mol. The number of benzene rings is 2. The maximum atomic E-state index is 12.7. The number of hydrogen-bond acceptors (Lipinski definition) is 3. The highest BCUT2D eigenvalue weighted by Crippen LogP contribution is 2.21. The third-order valence-corrected chi connectivity index (χ3v) is 5.50. The van der Waals surface area contributed by atoms with Crippen LogP contribution in [-0.2, 0) is 0 Å². The molecule has 0 saturated carbocycles. The molecular weight excluding hydrogens is 432 g/mol. The average molecular weight is 453 g/mol. The number of aromatic nitrogens is 2. The van der Waals surface area contributed by atoms with Crippen LogP contribution in [0.15, 0.2) is 59.1 Å². The van der Waals surface area contributed by atoms with E-state index in [1.807, 2.05) is 29.2 Å². The van der Waals surface area contributed by atoms with E-state index in [1.165, 1.54) is 6.42 Å². The summed E-state index contributed by atoms with van der Waals surface area (Å²) in [7, 11) is 0. The number of nitrogens with one attached hydrogen (secondary N) is 2. The van der Waals surface area contributed by atoms with E-state index < -0.39 is 0 Å². The van der Waals surface area contributed by atoms with Gasteiger partial charge in [0.1, 0.15) is 5.69 Å². The van der Waals surface area contributed by atoms with Gasteiger partial charge in [-0.15, -0.1) is 0 Å². The molecule has 29 heavy (non-hydrogen) atoms. The van der Waals surface area contributed by atoms with Crippen LogP contribution < -0.4 is 5.32 Å². The first-order chi connectivity index (χ1) is 14.1. The quantitative estimate of drug-likeness (QED) is 0.600. The Balaban J connectivity index is 1.46. The molecular formula is C22H21BrN4O2. The van der Waals surface area contributed by atoms with Gasteiger partial charge in [-0.1, -0.05) is 34.1 Å². The molecule has 1 aliphatic rings. The van der Waals surface area contributed by atoms with Gasteiger partial charge in [0.05, 0.1) is 5.69 Å². The van der Waals surface area contributed by atoms with Gasteiger partial charge < -0.3 is 10.2 Å². The van der Waals surface area contributed by atoms with Crippen molar-refractivity contribution in [3.63, 3.8) is 0 Å². The van der Waals surface area contributed by atoms with E-state index >= 15 is 0 Å². The summed E-state index contributed by atoms with van der Waals surface area (Å²) in [6.45, 7) is 1.59. The molecule has 148 valence electrons. The third-order valence-electron chi connectivity index (χ3n) is 4.97. The number of piperidine rings is 1. The minimum Gasteiger partial charge on any atom is -0.339 e. The lowest BCUT2D eigenvalue weighted by atomic mass is 10.1. The number of halogens is 1. The topological polar surface area (TPSA) is 78.1 Å². The molecule has 2 amide bonds. The number of anilines is 1. The molecule has 0 unspecified atom stereocenters. The molecule has 2 N–H and O–H groups in total. The van der Waals surface area contributed by atoms with Crippen molar-refractivity contribution < 1.29 is 9.59 Å². The van der Waals surface area contributed by atoms with Gasteiger partial charge in [-0.2, -0.15) is 5.10 Å². The number of rotatable bonds is 4. The number of carbonyl (C=O) groups is 2. The fraction of sp³-hybridized carbons (Fsp3) is 0.227. The summed E-state index contributed by atoms with van der Waals surface area (Å²) < 4.78 is 0.980. The van der Waals surface area contributed by atoms with Crippen LogP contribution in [0.3, 0.4) is 0 Å². The summed E-state index contributed by atoms with van der Waals surface area (Å²) in [5, 5.41) is 9.84. The van der Waals surface area contributed by atoms with E-state index in [4.69, 9.17) is 0 Å². The lowest BCUT2D eigenvalue weighted by Gasteiger charge is -2.26. The van der Waals surface area contributed by atoms with Gasteiger partial charge in [0, 0.05) is 34.4 Å². The monoisotopic (exact) mass is 452 g/mol. The molecule has 3 aromatic rings. The van der Waals surface area contributed by atoms with Crippen molar-refractivity contribution in [2.45, 2.75) is 19.3 Å². The molecule has 1 fully saturated rings. The van der Waals surface area contributed by atoms with E-state index in [2.05, 4.69) is 31.4 Å². The molecule has 1 aliphatic heterocycles. The maximum Gasteiger partial charge on any atom is 0.273 e. The van der Waals surface area contributed by atoms with Crippen molar-refractivity contribution in [3.8, 4) is 11.3 Å². The fourth-order valence-corrected chi connectivity index (χ4v) is 3.68. The second-order valence-electron chi connectivity index (χ2n) is 7.06. The van der Waals surface area contributed by atoms with Crippen LogP contribution in [-0.4, -0.2) is 40.0 Å². The Kier molecular flexibility index (Phi) is 5.76. The average Bonchev–Trinajstić information content (AvgIpc) is 3.25. The van der Waals surface area contributed by atoms with Crippen molar-refractivity contribution in [3.05, 3.63) is 70.3 Å². The molecule has 2 aromatic carbocycles. The highest BCUT2D eigenvalue weighted by molar-refractivity contribution is 9.10. The predicted octanol–water partition coefficient (Wildman–Crippen LogP) is 4.72. The summed E-state index contributed by atoms with van der Waals surface area (Å²) in [6.07, 6.45) is 3.26. The standard InChI is InChI=1S/C22H21BrN4O2/c23-17-9-7-15(8-10-17)19-14-20(26-25-19)21(28)24-18-6-4-5-16(13-18)22(29)27-11-2-1-3-12-27/h4-10,13-14H,1-3,11-12H2,(H,24,28)(H,25,26). The number of H-pyrrole nitrogens is 1. The lowest BCUT2D eigenvalue weighted by Crippen LogP contribution is -2.35. The van der Waals surface area contributed by atoms with E-state index in [0.29, 0.717) is 22.6 Å². The van der Waals surface area contributed by atoms with Crippen molar-refractivity contribution in [1.82, 2.24) is 15.1 Å². The van der Waals surface area contributed by atoms with E-state index in [0.717, 1.165) is 36.0 Å². The van der Waals surface area contributed by atoms with E-state index in [1.54, 1.807) is 30.3 Å². The Hall–Kier alpha value is -2.93. The third kappa shape index (κ3) is 4.56. The van der Waals surface area contributed by atoms with Crippen LogP contribution in [0.2, 0.25) is 0 Å². The van der Waals surface area contributed by atoms with Crippen LogP contribution in [0, 0.1) is 0 Å². The van der Waals surface area contributed by atoms with Crippen LogP contribution in [0.4, 0.5) is 5.69 Å². The number of amides is 2. The van der Waals surface area contributed by atoms with Crippen molar-refractivity contribution in [2.75, 3.05) is 18.4 Å². The van der Waals surface area contributed by atoms with Crippen molar-refractivity contribution in [2.24, 2.45) is 0 Å². The number of carbonyl (C=O) groups excluding carboxylic acids is 2. The Morgan fingerprint density at radius 3 is 2.52 bits per heavy atom. The molecule has 1 saturated heterocycles. The van der Waals surface area contributed by atoms with E-state index in [-0.39, 0.29) is 11.8 Å². The van der Waals surface area contributed by atoms with Crippen LogP contribution in [0.25, 0.3) is 11.3 Å². The molecule has 4 rings (SSSR count). The Morgan fingerprint density at radius 1 is 1.00 bits per heavy atom. The van der Waals surface area contributed by atoms with Gasteiger partial charge in [0.2, 0.25) is 0 Å². The van der Waals surface area contributed by atoms with Crippen molar-refractivity contribution in [1.29, 1.82) is 0 Å². The van der Waals surface area contributed by atoms with Gasteiger partial charge in [0.15, 0.2) is 0 Å². The zero-order valence-corrected chi connectivity index (χ0v) is 17.4. The maximum absolute atomic E-state index is 12.7. The van der Waals surface area contributed by atoms with Crippen LogP contribution >= 0.6 is 15.9 Å². The molecule has 2 heterocycles. The fourth-order valence-electron chi connectivity index (χ4n) is 3.41. The number of nitrogens with zero attached hydrogens (tertiary/aromatic N) is 2. The Morgan fingerprint density at radius 2 is 1.76 bits per heavy atom. The van der Waals surface area contributed by atoms with Crippen LogP contribution in [0.1, 0.15) is 40.1 Å². The minimum atomic E-state index is -0.302. The first-order valence-corrected chi connectivity index (χ1v) is 10.4. The summed E-state index contributed by atoms with van der Waals surface area (Å²) in [5.41, 5.74) is 3.13. The van der Waals surface area contributed by atoms with Crippen molar-refractivity contribution >= 4 is 33.4 Å². The van der Waals surface area contributed by atoms with Crippen LogP contribution in [0.5, 0.6) is 0 Å². The lowest BCUT2D eigenvalue weighted by molar-refractivity contribution is 0.0724. The summed E-state index contributed by atoms with van der Waals surface area (Å²) in [6, 6.07) is 16.5. The molecule has 0 atom stereocenters. The highest BCUT2D eigenvalue weighted by Gasteiger charge is 2.19. The first kappa shape index (κ1) is 19.4. The molecule has 0 aliphatic carbocycles. The second-order valence-corrected chi connectivity index (χ2v) is 7.98. The Bertz CT molecular complexity index is 1020. The smallest absolute Gasteiger partial charge is 0.273 e. The van der Waals surface area contributed by atoms with Gasteiger partial charge in [-0.05, 0) is 55.7 Å². The molecule has 6 nitrogen and oxygen atoms in total. The zero-order chi connectivity index (χ0) is 20.2. The minimum absolute atomic E-state index is 0.0138. The number of aromatic amines is 1. The molecule has 0 spiro atoms. The second kappa shape index (κ2) is 8.61. The van der Waals surface area contributed by atoms with Gasteiger partial charge in [-0.3, -0.25) is 14.7 Å². The highest BCUT2D eigenvalue weighted by atomic mass is 79.9. The molecule has 1 aromatic heterocycles. The largest absolute Gasteiger partial charge is 0.339 e. The molecule has 0 bridgehead atoms. The van der Waals surface area contributed by atoms with E-state index in [9.17, 15) is 9.59 Å². The number of hydrogen-bond donors (Lipinski definition) is 2. The zero-order valence-electron chi connectivity index (χ0n) is 15.8. The van der Waals surface area contributed by atoms with Gasteiger partial charge in [-0.25, -0.2) is 0 Å². The SMILES string of the molecule is O=C(Nc1cccc(C(=O)N2CCCCC2)c1)c1cc(-c2ccc(Br)cc2)n[nH]1. The number of likely N-dealkylation sites (tertiary alicyclic amines) is 1. The first-order valence-electron chi connectivity index (χ1n) is 9.62. The molecule has 7 heteroatoms. The summed E-state index contributed by atoms with van der Waals surface area (Å²) >= 11 is 3.41.